The summed E-state index contributed by atoms with van der Waals surface area (Å²) in [5.74, 6) is 16.2. The molecule has 0 amide bonds. The highest BCUT2D eigenvalue weighted by Crippen LogP contribution is 2.41. The molecule has 0 spiro atoms. The van der Waals surface area contributed by atoms with Gasteiger partial charge >= 0.3 is 0 Å². The highest BCUT2D eigenvalue weighted by atomic mass is 28.4. The van der Waals surface area contributed by atoms with Gasteiger partial charge < -0.3 is 8.46 Å². The van der Waals surface area contributed by atoms with E-state index >= 15 is 0 Å². The number of nitrogens with zero attached hydrogens (tertiary/aromatic N) is 2. The number of terminal acetylenes is 1. The lowest BCUT2D eigenvalue weighted by Gasteiger charge is -2.41. The monoisotopic (exact) mass is 616 g/mol. The van der Waals surface area contributed by atoms with E-state index in [1.165, 1.54) is 35.6 Å². The largest absolute Gasteiger partial charge is 0.424 e. The van der Waals surface area contributed by atoms with Gasteiger partial charge in [-0.3, -0.25) is 0 Å². The second-order valence-corrected chi connectivity index (χ2v) is 33.6. The van der Waals surface area contributed by atoms with Crippen molar-refractivity contribution in [3.63, 3.8) is 0 Å². The second kappa shape index (κ2) is 11.1. The van der Waals surface area contributed by atoms with Crippen molar-refractivity contribution < 1.29 is 0 Å². The Hall–Kier alpha value is -3.19. The Kier molecular flexibility index (Phi) is 8.03. The Balaban J connectivity index is 1.35. The topological polar surface area (TPSA) is 6.48 Å². The van der Waals surface area contributed by atoms with Crippen molar-refractivity contribution in [2.24, 2.45) is 0 Å². The molecule has 0 bridgehead atoms. The maximum Gasteiger partial charge on any atom is 0.141 e. The first-order valence-electron chi connectivity index (χ1n) is 15.2. The zero-order chi connectivity index (χ0) is 30.3. The summed E-state index contributed by atoms with van der Waals surface area (Å²) in [4.78, 5) is 0. The Labute approximate surface area is 258 Å². The maximum atomic E-state index is 5.80. The third-order valence-corrected chi connectivity index (χ3v) is 29.2. The van der Waals surface area contributed by atoms with E-state index in [1.54, 1.807) is 0 Å². The number of hydrogen-bond acceptors (Lipinski definition) is 2. The minimum Gasteiger partial charge on any atom is -0.424 e. The second-order valence-electron chi connectivity index (χ2n) is 14.5. The van der Waals surface area contributed by atoms with E-state index < -0.39 is 32.9 Å². The quantitative estimate of drug-likeness (QED) is 0.210. The summed E-state index contributed by atoms with van der Waals surface area (Å²) in [6, 6.07) is 29.3. The van der Waals surface area contributed by atoms with Crippen molar-refractivity contribution in [2.45, 2.75) is 76.6 Å². The highest BCUT2D eigenvalue weighted by molar-refractivity contribution is 7.05. The fourth-order valence-corrected chi connectivity index (χ4v) is 35.8. The van der Waals surface area contributed by atoms with Crippen LogP contribution < -0.4 is 8.46 Å². The molecule has 0 saturated carbocycles. The summed E-state index contributed by atoms with van der Waals surface area (Å²) < 4.78 is 5.67. The highest BCUT2D eigenvalue weighted by Gasteiger charge is 2.48. The molecule has 2 saturated heterocycles. The van der Waals surface area contributed by atoms with E-state index in [1.807, 2.05) is 18.2 Å². The van der Waals surface area contributed by atoms with Crippen molar-refractivity contribution in [1.82, 2.24) is 0 Å². The predicted molar refractivity (Wildman–Crippen MR) is 193 cm³/mol. The standard InChI is InChI=1S/C36H44N2Si4/c1-10-30-27-33(13-11-31-15-19-35(20-16-31)37-39(2,3)23-24-40(37,4)5)29-34(28-30)14-12-32-17-21-36(22-18-32)38-41(6,7)25-26-42(38,8)9/h1,15-22,27-29H,23-26H2,2-9H3. The third-order valence-electron chi connectivity index (χ3n) is 9.17. The Morgan fingerprint density at radius 3 is 1.05 bits per heavy atom. The number of hydrogen-bond donors (Lipinski definition) is 0. The summed E-state index contributed by atoms with van der Waals surface area (Å²) in [7, 11) is -5.51. The zero-order valence-electron chi connectivity index (χ0n) is 26.7. The molecule has 42 heavy (non-hydrogen) atoms. The van der Waals surface area contributed by atoms with Crippen molar-refractivity contribution in [2.75, 3.05) is 8.46 Å². The summed E-state index contributed by atoms with van der Waals surface area (Å²) >= 11 is 0. The fraction of sp³-hybridized carbons (Fsp3) is 0.333. The molecule has 2 heterocycles. The number of anilines is 2. The third kappa shape index (κ3) is 6.26. The first-order valence-corrected chi connectivity index (χ1v) is 27.8. The summed E-state index contributed by atoms with van der Waals surface area (Å²) in [5, 5.41) is 0. The average Bonchev–Trinajstić information content (AvgIpc) is 3.31. The van der Waals surface area contributed by atoms with Gasteiger partial charge in [0.05, 0.1) is 0 Å². The molecular formula is C36H44N2Si4. The summed E-state index contributed by atoms with van der Waals surface area (Å²) in [5.41, 5.74) is 7.39. The van der Waals surface area contributed by atoms with E-state index in [0.717, 1.165) is 27.8 Å². The molecule has 2 aliphatic rings. The van der Waals surface area contributed by atoms with Crippen LogP contribution in [-0.2, 0) is 0 Å². The molecule has 2 nitrogen and oxygen atoms in total. The molecule has 0 atom stereocenters. The SMILES string of the molecule is C#Cc1cc(C#Cc2ccc(N3[Si](C)(C)CC[Si]3(C)C)cc2)cc(C#Cc2ccc(N3[Si](C)(C)CC[Si]3(C)C)cc2)c1. The molecule has 2 aliphatic heterocycles. The Morgan fingerprint density at radius 2 is 0.738 bits per heavy atom. The average molecular weight is 617 g/mol. The van der Waals surface area contributed by atoms with E-state index in [2.05, 4.69) is 139 Å². The zero-order valence-corrected chi connectivity index (χ0v) is 30.7. The maximum absolute atomic E-state index is 5.80. The molecule has 6 heteroatoms. The van der Waals surface area contributed by atoms with Crippen LogP contribution in [0.1, 0.15) is 27.8 Å². The van der Waals surface area contributed by atoms with Gasteiger partial charge in [0.15, 0.2) is 0 Å². The summed E-state index contributed by atoms with van der Waals surface area (Å²) in [6.45, 7) is 20.1. The van der Waals surface area contributed by atoms with Crippen LogP contribution in [0.5, 0.6) is 0 Å². The molecule has 214 valence electrons. The number of rotatable bonds is 2. The molecular weight excluding hydrogens is 573 g/mol. The molecule has 0 N–H and O–H groups in total. The van der Waals surface area contributed by atoms with Crippen LogP contribution in [0.3, 0.4) is 0 Å². The molecule has 0 unspecified atom stereocenters. The molecule has 3 aromatic rings. The van der Waals surface area contributed by atoms with E-state index in [0.29, 0.717) is 0 Å². The first-order chi connectivity index (χ1) is 19.7. The van der Waals surface area contributed by atoms with Crippen molar-refractivity contribution in [3.05, 3.63) is 94.5 Å². The molecule has 0 aliphatic carbocycles. The van der Waals surface area contributed by atoms with Crippen molar-refractivity contribution in [1.29, 1.82) is 0 Å². The summed E-state index contributed by atoms with van der Waals surface area (Å²) in [6.07, 6.45) is 5.80. The molecule has 5 rings (SSSR count). The number of benzene rings is 3. The van der Waals surface area contributed by atoms with Gasteiger partial charge in [-0.05, 0) is 90.9 Å². The van der Waals surface area contributed by atoms with Crippen LogP contribution in [-0.4, -0.2) is 32.9 Å². The van der Waals surface area contributed by atoms with E-state index in [-0.39, 0.29) is 0 Å². The lowest BCUT2D eigenvalue weighted by atomic mass is 10.1. The van der Waals surface area contributed by atoms with Gasteiger partial charge in [0.2, 0.25) is 0 Å². The molecule has 3 aromatic carbocycles. The normalized spacial score (nSPS) is 19.3. The predicted octanol–water partition coefficient (Wildman–Crippen LogP) is 8.93. The van der Waals surface area contributed by atoms with Crippen LogP contribution in [0.15, 0.2) is 66.7 Å². The van der Waals surface area contributed by atoms with Crippen molar-refractivity contribution >= 4 is 44.3 Å². The van der Waals surface area contributed by atoms with E-state index in [4.69, 9.17) is 6.42 Å². The van der Waals surface area contributed by atoms with Gasteiger partial charge in [-0.25, -0.2) is 0 Å². The van der Waals surface area contributed by atoms with Gasteiger partial charge in [0.25, 0.3) is 0 Å². The molecule has 0 radical (unpaired) electrons. The molecule has 2 fully saturated rings. The minimum absolute atomic E-state index is 0.804. The van der Waals surface area contributed by atoms with Crippen molar-refractivity contribution in [3.8, 4) is 36.0 Å². The van der Waals surface area contributed by atoms with Gasteiger partial charge in [-0.15, -0.1) is 6.42 Å². The van der Waals surface area contributed by atoms with Gasteiger partial charge in [-0.1, -0.05) is 82.0 Å². The minimum atomic E-state index is -1.38. The van der Waals surface area contributed by atoms with Crippen LogP contribution in [0.2, 0.25) is 76.6 Å². The Bertz CT molecular complexity index is 1510. The van der Waals surface area contributed by atoms with Crippen LogP contribution in [0.25, 0.3) is 0 Å². The first kappa shape index (κ1) is 30.3. The van der Waals surface area contributed by atoms with Gasteiger partial charge in [0.1, 0.15) is 32.9 Å². The Morgan fingerprint density at radius 1 is 0.452 bits per heavy atom. The fourth-order valence-electron chi connectivity index (χ4n) is 7.24. The lowest BCUT2D eigenvalue weighted by Crippen LogP contribution is -2.55. The smallest absolute Gasteiger partial charge is 0.141 e. The van der Waals surface area contributed by atoms with E-state index in [9.17, 15) is 0 Å². The lowest BCUT2D eigenvalue weighted by molar-refractivity contribution is 1.35. The molecule has 0 aromatic heterocycles. The van der Waals surface area contributed by atoms with Gasteiger partial charge in [0, 0.05) is 39.2 Å². The van der Waals surface area contributed by atoms with Crippen LogP contribution in [0, 0.1) is 36.0 Å². The van der Waals surface area contributed by atoms with Gasteiger partial charge in [-0.2, -0.15) is 0 Å². The van der Waals surface area contributed by atoms with Crippen LogP contribution >= 0.6 is 0 Å². The van der Waals surface area contributed by atoms with Crippen LogP contribution in [0.4, 0.5) is 11.4 Å².